The maximum absolute atomic E-state index is 12.4. The summed E-state index contributed by atoms with van der Waals surface area (Å²) in [5.74, 6) is 0.0303. The summed E-state index contributed by atoms with van der Waals surface area (Å²) in [6.45, 7) is 8.40. The summed E-state index contributed by atoms with van der Waals surface area (Å²) in [7, 11) is 0. The molecule has 0 aromatic rings. The Morgan fingerprint density at radius 3 is 2.65 bits per heavy atom. The lowest BCUT2D eigenvalue weighted by Crippen LogP contribution is -2.61. The number of carbonyl (C=O) groups is 1. The molecule has 1 aliphatic rings. The fraction of sp³-hybridized carbons (Fsp3) is 0.923. The van der Waals surface area contributed by atoms with E-state index in [0.717, 1.165) is 32.2 Å². The molecule has 1 heterocycles. The number of hydrogen-bond donors (Lipinski definition) is 3. The van der Waals surface area contributed by atoms with Crippen LogP contribution in [0.1, 0.15) is 53.4 Å². The van der Waals surface area contributed by atoms with Gasteiger partial charge in [0.25, 0.3) is 0 Å². The second-order valence-corrected chi connectivity index (χ2v) is 5.71. The third-order valence-electron chi connectivity index (χ3n) is 3.84. The maximum atomic E-state index is 12.4. The molecule has 2 atom stereocenters. The zero-order valence-corrected chi connectivity index (χ0v) is 11.5. The molecule has 0 radical (unpaired) electrons. The van der Waals surface area contributed by atoms with Gasteiger partial charge in [0, 0.05) is 0 Å². The standard InChI is InChI=1S/C13H26N2O2/c1-5-7-13(8-6-9-14-13)11(17)15-12(3,4)10(2)16/h10,14,16H,5-9H2,1-4H3,(H,15,17). The van der Waals surface area contributed by atoms with E-state index in [0.29, 0.717) is 0 Å². The number of hydrogen-bond acceptors (Lipinski definition) is 3. The van der Waals surface area contributed by atoms with Gasteiger partial charge in [-0.05, 0) is 46.6 Å². The van der Waals surface area contributed by atoms with Crippen LogP contribution in [-0.4, -0.2) is 34.7 Å². The Kier molecular flexibility index (Phi) is 4.55. The topological polar surface area (TPSA) is 61.4 Å². The van der Waals surface area contributed by atoms with Gasteiger partial charge < -0.3 is 15.7 Å². The zero-order chi connectivity index (χ0) is 13.1. The Hall–Kier alpha value is -0.610. The van der Waals surface area contributed by atoms with Crippen molar-refractivity contribution >= 4 is 5.91 Å². The highest BCUT2D eigenvalue weighted by Crippen LogP contribution is 2.26. The van der Waals surface area contributed by atoms with Crippen LogP contribution in [0.4, 0.5) is 0 Å². The molecule has 1 saturated heterocycles. The van der Waals surface area contributed by atoms with Gasteiger partial charge in [0.15, 0.2) is 0 Å². The van der Waals surface area contributed by atoms with E-state index in [1.807, 2.05) is 13.8 Å². The molecule has 0 bridgehead atoms. The van der Waals surface area contributed by atoms with E-state index < -0.39 is 17.2 Å². The number of carbonyl (C=O) groups excluding carboxylic acids is 1. The molecule has 2 unspecified atom stereocenters. The molecule has 100 valence electrons. The molecule has 0 aliphatic carbocycles. The first-order valence-electron chi connectivity index (χ1n) is 6.60. The van der Waals surface area contributed by atoms with E-state index in [9.17, 15) is 9.90 Å². The third-order valence-corrected chi connectivity index (χ3v) is 3.84. The molecule has 0 spiro atoms. The third kappa shape index (κ3) is 3.19. The monoisotopic (exact) mass is 242 g/mol. The second kappa shape index (κ2) is 5.36. The molecule has 4 nitrogen and oxygen atoms in total. The summed E-state index contributed by atoms with van der Waals surface area (Å²) < 4.78 is 0. The number of aliphatic hydroxyl groups is 1. The van der Waals surface area contributed by atoms with Crippen molar-refractivity contribution in [2.24, 2.45) is 0 Å². The molecule has 1 fully saturated rings. The van der Waals surface area contributed by atoms with E-state index in [2.05, 4.69) is 17.6 Å². The number of nitrogens with one attached hydrogen (secondary N) is 2. The van der Waals surface area contributed by atoms with Crippen LogP contribution in [0.2, 0.25) is 0 Å². The van der Waals surface area contributed by atoms with Gasteiger partial charge in [-0.3, -0.25) is 4.79 Å². The fourth-order valence-corrected chi connectivity index (χ4v) is 2.27. The summed E-state index contributed by atoms with van der Waals surface area (Å²) in [6.07, 6.45) is 3.21. The summed E-state index contributed by atoms with van der Waals surface area (Å²) in [6, 6.07) is 0. The highest BCUT2D eigenvalue weighted by Gasteiger charge is 2.42. The minimum absolute atomic E-state index is 0.0303. The quantitative estimate of drug-likeness (QED) is 0.678. The molecule has 3 N–H and O–H groups in total. The highest BCUT2D eigenvalue weighted by atomic mass is 16.3. The van der Waals surface area contributed by atoms with Crippen LogP contribution in [0.3, 0.4) is 0 Å². The van der Waals surface area contributed by atoms with Gasteiger partial charge >= 0.3 is 0 Å². The predicted octanol–water partition coefficient (Wildman–Crippen LogP) is 1.18. The predicted molar refractivity (Wildman–Crippen MR) is 68.8 cm³/mol. The second-order valence-electron chi connectivity index (χ2n) is 5.71. The molecular formula is C13H26N2O2. The normalized spacial score (nSPS) is 26.9. The molecule has 0 aromatic heterocycles. The van der Waals surface area contributed by atoms with Crippen LogP contribution in [0, 0.1) is 0 Å². The van der Waals surface area contributed by atoms with Crippen LogP contribution in [0.5, 0.6) is 0 Å². The first-order valence-corrected chi connectivity index (χ1v) is 6.60. The van der Waals surface area contributed by atoms with Gasteiger partial charge in [0.2, 0.25) is 5.91 Å². The van der Waals surface area contributed by atoms with Crippen LogP contribution >= 0.6 is 0 Å². The first-order chi connectivity index (χ1) is 7.84. The Bertz CT molecular complexity index is 269. The summed E-state index contributed by atoms with van der Waals surface area (Å²) in [5.41, 5.74) is -0.997. The Morgan fingerprint density at radius 2 is 2.24 bits per heavy atom. The van der Waals surface area contributed by atoms with Crippen LogP contribution in [-0.2, 0) is 4.79 Å². The van der Waals surface area contributed by atoms with E-state index in [4.69, 9.17) is 0 Å². The van der Waals surface area contributed by atoms with Crippen molar-refractivity contribution in [1.82, 2.24) is 10.6 Å². The molecule has 1 rings (SSSR count). The first kappa shape index (κ1) is 14.5. The van der Waals surface area contributed by atoms with Crippen LogP contribution < -0.4 is 10.6 Å². The van der Waals surface area contributed by atoms with E-state index in [1.165, 1.54) is 0 Å². The van der Waals surface area contributed by atoms with Crippen molar-refractivity contribution in [1.29, 1.82) is 0 Å². The average molecular weight is 242 g/mol. The summed E-state index contributed by atoms with van der Waals surface area (Å²) in [5, 5.41) is 16.0. The molecular weight excluding hydrogens is 216 g/mol. The van der Waals surface area contributed by atoms with Crippen molar-refractivity contribution in [2.45, 2.75) is 70.6 Å². The van der Waals surface area contributed by atoms with Crippen molar-refractivity contribution in [3.05, 3.63) is 0 Å². The maximum Gasteiger partial charge on any atom is 0.240 e. The van der Waals surface area contributed by atoms with Crippen molar-refractivity contribution in [3.8, 4) is 0 Å². The zero-order valence-electron chi connectivity index (χ0n) is 11.5. The average Bonchev–Trinajstić information content (AvgIpc) is 2.67. The Labute approximate surface area is 104 Å². The number of amides is 1. The molecule has 1 amide bonds. The molecule has 1 aliphatic heterocycles. The lowest BCUT2D eigenvalue weighted by Gasteiger charge is -2.35. The van der Waals surface area contributed by atoms with Gasteiger partial charge in [-0.2, -0.15) is 0 Å². The lowest BCUT2D eigenvalue weighted by atomic mass is 9.88. The van der Waals surface area contributed by atoms with Gasteiger partial charge in [-0.1, -0.05) is 13.3 Å². The van der Waals surface area contributed by atoms with Crippen molar-refractivity contribution in [3.63, 3.8) is 0 Å². The van der Waals surface area contributed by atoms with Crippen LogP contribution in [0.25, 0.3) is 0 Å². The largest absolute Gasteiger partial charge is 0.391 e. The fourth-order valence-electron chi connectivity index (χ4n) is 2.27. The van der Waals surface area contributed by atoms with Gasteiger partial charge in [-0.15, -0.1) is 0 Å². The Morgan fingerprint density at radius 1 is 1.59 bits per heavy atom. The molecule has 17 heavy (non-hydrogen) atoms. The van der Waals surface area contributed by atoms with Gasteiger partial charge in [-0.25, -0.2) is 0 Å². The molecule has 0 saturated carbocycles. The van der Waals surface area contributed by atoms with Gasteiger partial charge in [0.05, 0.1) is 17.2 Å². The van der Waals surface area contributed by atoms with E-state index in [1.54, 1.807) is 6.92 Å². The molecule has 0 aromatic carbocycles. The summed E-state index contributed by atoms with van der Waals surface area (Å²) in [4.78, 5) is 12.4. The minimum atomic E-state index is -0.581. The Balaban J connectivity index is 2.73. The molecule has 4 heteroatoms. The van der Waals surface area contributed by atoms with Crippen molar-refractivity contribution in [2.75, 3.05) is 6.54 Å². The number of rotatable bonds is 5. The lowest BCUT2D eigenvalue weighted by molar-refractivity contribution is -0.130. The van der Waals surface area contributed by atoms with Crippen molar-refractivity contribution < 1.29 is 9.90 Å². The summed E-state index contributed by atoms with van der Waals surface area (Å²) >= 11 is 0. The van der Waals surface area contributed by atoms with E-state index >= 15 is 0 Å². The smallest absolute Gasteiger partial charge is 0.240 e. The highest BCUT2D eigenvalue weighted by molar-refractivity contribution is 5.87. The minimum Gasteiger partial charge on any atom is -0.391 e. The SMILES string of the molecule is CCCC1(C(=O)NC(C)(C)C(C)O)CCCN1. The number of aliphatic hydroxyl groups excluding tert-OH is 1. The van der Waals surface area contributed by atoms with Gasteiger partial charge in [0.1, 0.15) is 0 Å². The van der Waals surface area contributed by atoms with Crippen LogP contribution in [0.15, 0.2) is 0 Å². The van der Waals surface area contributed by atoms with E-state index in [-0.39, 0.29) is 5.91 Å².